The molecule has 1 aromatic carbocycles. The van der Waals surface area contributed by atoms with Crippen LogP contribution in [0.1, 0.15) is 31.4 Å². The SMILES string of the molecule is CCCC(CN)NC(=O)C(O)c1ccccc1. The first-order valence-electron chi connectivity index (χ1n) is 5.92. The van der Waals surface area contributed by atoms with Crippen LogP contribution in [0.3, 0.4) is 0 Å². The Kier molecular flexibility index (Phi) is 5.66. The van der Waals surface area contributed by atoms with Gasteiger partial charge >= 0.3 is 0 Å². The summed E-state index contributed by atoms with van der Waals surface area (Å²) in [6, 6.07) is 8.80. The van der Waals surface area contributed by atoms with Gasteiger partial charge in [-0.2, -0.15) is 0 Å². The van der Waals surface area contributed by atoms with E-state index in [2.05, 4.69) is 5.32 Å². The van der Waals surface area contributed by atoms with Gasteiger partial charge in [0, 0.05) is 12.6 Å². The summed E-state index contributed by atoms with van der Waals surface area (Å²) in [6.07, 6.45) is 0.648. The van der Waals surface area contributed by atoms with Gasteiger partial charge in [0.1, 0.15) is 0 Å². The lowest BCUT2D eigenvalue weighted by Crippen LogP contribution is -2.42. The number of nitrogens with one attached hydrogen (secondary N) is 1. The lowest BCUT2D eigenvalue weighted by atomic mass is 10.1. The van der Waals surface area contributed by atoms with Crippen molar-refractivity contribution >= 4 is 5.91 Å². The van der Waals surface area contributed by atoms with Crippen LogP contribution in [0.5, 0.6) is 0 Å². The van der Waals surface area contributed by atoms with Crippen LogP contribution in [-0.2, 0) is 4.79 Å². The maximum absolute atomic E-state index is 11.8. The lowest BCUT2D eigenvalue weighted by molar-refractivity contribution is -0.130. The molecule has 0 heterocycles. The highest BCUT2D eigenvalue weighted by Gasteiger charge is 2.19. The van der Waals surface area contributed by atoms with Gasteiger partial charge < -0.3 is 16.2 Å². The third-order valence-corrected chi connectivity index (χ3v) is 2.63. The summed E-state index contributed by atoms with van der Waals surface area (Å²) in [5.74, 6) is -0.389. The molecule has 0 aliphatic rings. The Balaban J connectivity index is 2.58. The van der Waals surface area contributed by atoms with Gasteiger partial charge in [-0.1, -0.05) is 43.7 Å². The second-order valence-corrected chi connectivity index (χ2v) is 4.04. The van der Waals surface area contributed by atoms with Gasteiger partial charge in [-0.25, -0.2) is 0 Å². The molecule has 0 aliphatic carbocycles. The molecule has 1 rings (SSSR count). The number of rotatable bonds is 6. The fraction of sp³-hybridized carbons (Fsp3) is 0.462. The first-order chi connectivity index (χ1) is 8.19. The smallest absolute Gasteiger partial charge is 0.253 e. The zero-order chi connectivity index (χ0) is 12.7. The zero-order valence-electron chi connectivity index (χ0n) is 10.1. The Hall–Kier alpha value is -1.39. The molecule has 1 amide bonds. The molecule has 2 atom stereocenters. The quantitative estimate of drug-likeness (QED) is 0.688. The van der Waals surface area contributed by atoms with Crippen LogP contribution < -0.4 is 11.1 Å². The van der Waals surface area contributed by atoms with Crippen LogP contribution in [-0.4, -0.2) is 23.6 Å². The topological polar surface area (TPSA) is 75.3 Å². The van der Waals surface area contributed by atoms with E-state index in [1.165, 1.54) is 0 Å². The molecule has 1 aromatic rings. The number of benzene rings is 1. The number of hydrogen-bond donors (Lipinski definition) is 3. The van der Waals surface area contributed by atoms with Crippen molar-refractivity contribution in [2.75, 3.05) is 6.54 Å². The summed E-state index contributed by atoms with van der Waals surface area (Å²) in [4.78, 5) is 11.8. The maximum Gasteiger partial charge on any atom is 0.253 e. The highest BCUT2D eigenvalue weighted by Crippen LogP contribution is 2.12. The third kappa shape index (κ3) is 4.17. The molecule has 0 aromatic heterocycles. The molecular formula is C13H20N2O2. The Labute approximate surface area is 102 Å². The molecule has 17 heavy (non-hydrogen) atoms. The van der Waals surface area contributed by atoms with Crippen LogP contribution in [0.25, 0.3) is 0 Å². The molecule has 0 radical (unpaired) electrons. The number of hydrogen-bond acceptors (Lipinski definition) is 3. The Morgan fingerprint density at radius 3 is 2.59 bits per heavy atom. The number of aliphatic hydroxyl groups excluding tert-OH is 1. The average molecular weight is 236 g/mol. The minimum atomic E-state index is -1.12. The summed E-state index contributed by atoms with van der Waals surface area (Å²) in [5.41, 5.74) is 6.14. The normalized spacial score (nSPS) is 14.1. The van der Waals surface area contributed by atoms with Crippen molar-refractivity contribution in [2.45, 2.75) is 31.9 Å². The minimum absolute atomic E-state index is 0.0640. The monoisotopic (exact) mass is 236 g/mol. The number of aliphatic hydroxyl groups is 1. The van der Waals surface area contributed by atoms with E-state index in [0.717, 1.165) is 12.8 Å². The molecule has 4 heteroatoms. The van der Waals surface area contributed by atoms with E-state index in [-0.39, 0.29) is 11.9 Å². The van der Waals surface area contributed by atoms with Gasteiger partial charge in [0.15, 0.2) is 6.10 Å². The van der Waals surface area contributed by atoms with Crippen molar-refractivity contribution in [2.24, 2.45) is 5.73 Å². The van der Waals surface area contributed by atoms with E-state index in [9.17, 15) is 9.90 Å². The van der Waals surface area contributed by atoms with Crippen molar-refractivity contribution in [3.8, 4) is 0 Å². The van der Waals surface area contributed by atoms with Crippen molar-refractivity contribution in [3.63, 3.8) is 0 Å². The Morgan fingerprint density at radius 1 is 1.41 bits per heavy atom. The van der Waals surface area contributed by atoms with Gasteiger partial charge in [-0.15, -0.1) is 0 Å². The van der Waals surface area contributed by atoms with Crippen LogP contribution in [0.15, 0.2) is 30.3 Å². The predicted molar refractivity (Wildman–Crippen MR) is 67.3 cm³/mol. The van der Waals surface area contributed by atoms with E-state index in [1.54, 1.807) is 24.3 Å². The first kappa shape index (κ1) is 13.7. The predicted octanol–water partition coefficient (Wildman–Crippen LogP) is 0.964. The second-order valence-electron chi connectivity index (χ2n) is 4.04. The number of nitrogens with two attached hydrogens (primary N) is 1. The molecule has 2 unspecified atom stereocenters. The zero-order valence-corrected chi connectivity index (χ0v) is 10.1. The van der Waals surface area contributed by atoms with E-state index >= 15 is 0 Å². The largest absolute Gasteiger partial charge is 0.378 e. The van der Waals surface area contributed by atoms with E-state index in [1.807, 2.05) is 13.0 Å². The molecule has 4 nitrogen and oxygen atoms in total. The molecule has 0 saturated heterocycles. The molecule has 4 N–H and O–H groups in total. The molecule has 0 bridgehead atoms. The van der Waals surface area contributed by atoms with Gasteiger partial charge in [0.25, 0.3) is 5.91 Å². The molecule has 0 aliphatic heterocycles. The van der Waals surface area contributed by atoms with Crippen molar-refractivity contribution < 1.29 is 9.90 Å². The van der Waals surface area contributed by atoms with Crippen LogP contribution in [0.4, 0.5) is 0 Å². The standard InChI is InChI=1S/C13H20N2O2/c1-2-6-11(9-14)15-13(17)12(16)10-7-4-3-5-8-10/h3-5,7-8,11-12,16H,2,6,9,14H2,1H3,(H,15,17). The number of carbonyl (C=O) groups is 1. The van der Waals surface area contributed by atoms with Gasteiger partial charge in [-0.05, 0) is 12.0 Å². The van der Waals surface area contributed by atoms with E-state index in [4.69, 9.17) is 5.73 Å². The molecule has 0 saturated carbocycles. The fourth-order valence-corrected chi connectivity index (χ4v) is 1.66. The third-order valence-electron chi connectivity index (χ3n) is 2.63. The van der Waals surface area contributed by atoms with Gasteiger partial charge in [0.2, 0.25) is 0 Å². The van der Waals surface area contributed by atoms with Crippen molar-refractivity contribution in [1.29, 1.82) is 0 Å². The molecule has 0 spiro atoms. The average Bonchev–Trinajstić information content (AvgIpc) is 2.38. The summed E-state index contributed by atoms with van der Waals surface area (Å²) >= 11 is 0. The summed E-state index contributed by atoms with van der Waals surface area (Å²) in [5, 5.41) is 12.6. The van der Waals surface area contributed by atoms with Crippen LogP contribution >= 0.6 is 0 Å². The fourth-order valence-electron chi connectivity index (χ4n) is 1.66. The number of amides is 1. The van der Waals surface area contributed by atoms with Gasteiger partial charge in [0.05, 0.1) is 0 Å². The van der Waals surface area contributed by atoms with E-state index in [0.29, 0.717) is 12.1 Å². The maximum atomic E-state index is 11.8. The van der Waals surface area contributed by atoms with Crippen molar-refractivity contribution in [1.82, 2.24) is 5.32 Å². The van der Waals surface area contributed by atoms with Crippen molar-refractivity contribution in [3.05, 3.63) is 35.9 Å². The summed E-state index contributed by atoms with van der Waals surface area (Å²) in [6.45, 7) is 2.42. The Bertz CT molecular complexity index is 341. The molecule has 94 valence electrons. The Morgan fingerprint density at radius 2 is 2.06 bits per heavy atom. The van der Waals surface area contributed by atoms with Gasteiger partial charge in [-0.3, -0.25) is 4.79 Å². The second kappa shape index (κ2) is 7.04. The molecule has 0 fully saturated rings. The lowest BCUT2D eigenvalue weighted by Gasteiger charge is -2.18. The van der Waals surface area contributed by atoms with Crippen LogP contribution in [0.2, 0.25) is 0 Å². The highest BCUT2D eigenvalue weighted by molar-refractivity contribution is 5.82. The minimum Gasteiger partial charge on any atom is -0.378 e. The number of carbonyl (C=O) groups excluding carboxylic acids is 1. The first-order valence-corrected chi connectivity index (χ1v) is 5.92. The van der Waals surface area contributed by atoms with E-state index < -0.39 is 6.10 Å². The van der Waals surface area contributed by atoms with Crippen LogP contribution in [0, 0.1) is 0 Å². The highest BCUT2D eigenvalue weighted by atomic mass is 16.3. The molecular weight excluding hydrogens is 216 g/mol. The summed E-state index contributed by atoms with van der Waals surface area (Å²) < 4.78 is 0. The summed E-state index contributed by atoms with van der Waals surface area (Å²) in [7, 11) is 0.